The van der Waals surface area contributed by atoms with Crippen molar-refractivity contribution in [2.24, 2.45) is 0 Å². The number of Topliss-reactive ketones (excluding diaryl/α,β-unsaturated/α-hetero) is 1. The molecule has 0 saturated heterocycles. The Kier molecular flexibility index (Phi) is 2.35. The largest absolute Gasteiger partial charge is 0.293 e. The van der Waals surface area contributed by atoms with Gasteiger partial charge in [-0.25, -0.2) is 0 Å². The van der Waals surface area contributed by atoms with E-state index in [1.807, 2.05) is 0 Å². The molecule has 0 amide bonds. The van der Waals surface area contributed by atoms with Gasteiger partial charge in [0.25, 0.3) is 0 Å². The average molecular weight is 120 g/mol. The monoisotopic (exact) mass is 120 g/mol. The highest BCUT2D eigenvalue weighted by Gasteiger charge is 1.90. The Morgan fingerprint density at radius 2 is 2.00 bits per heavy atom. The minimum absolute atomic E-state index is 0.145. The van der Waals surface area contributed by atoms with Gasteiger partial charge in [-0.15, -0.1) is 12.6 Å². The first-order chi connectivity index (χ1) is 2.64. The highest BCUT2D eigenvalue weighted by molar-refractivity contribution is 8.13. The van der Waals surface area contributed by atoms with E-state index in [-0.39, 0.29) is 9.98 Å². The fourth-order valence-electron chi connectivity index (χ4n) is 0. The third-order valence-corrected chi connectivity index (χ3v) is 0.904. The number of carbonyl (C=O) groups is 1. The summed E-state index contributed by atoms with van der Waals surface area (Å²) in [5, 5.41) is 0. The van der Waals surface area contributed by atoms with E-state index in [1.54, 1.807) is 0 Å². The van der Waals surface area contributed by atoms with Gasteiger partial charge in [-0.05, 0) is 0 Å². The summed E-state index contributed by atoms with van der Waals surface area (Å²) in [6, 6.07) is 0. The average Bonchev–Trinajstić information content (AvgIpc) is 1.36. The fourth-order valence-corrected chi connectivity index (χ4v) is 0. The molecule has 0 aromatic heterocycles. The smallest absolute Gasteiger partial charge is 0.176 e. The van der Waals surface area contributed by atoms with Crippen LogP contribution in [0.1, 0.15) is 6.92 Å². The molecule has 1 nitrogen and oxygen atoms in total. The zero-order valence-corrected chi connectivity index (χ0v) is 4.97. The van der Waals surface area contributed by atoms with Crippen LogP contribution in [0.25, 0.3) is 0 Å². The Bertz CT molecular complexity index is 74.8. The summed E-state index contributed by atoms with van der Waals surface area (Å²) in [7, 11) is 0. The highest BCUT2D eigenvalue weighted by atomic mass is 32.1. The number of carbonyl (C=O) groups excluding carboxylic acids is 1. The molecule has 0 fully saturated rings. The number of hydrogen-bond acceptors (Lipinski definition) is 2. The molecule has 0 atom stereocenters. The van der Waals surface area contributed by atoms with Gasteiger partial charge in [0.2, 0.25) is 0 Å². The Balaban J connectivity index is 3.57. The molecule has 0 radical (unpaired) electrons. The van der Waals surface area contributed by atoms with Gasteiger partial charge in [0.15, 0.2) is 5.78 Å². The maximum Gasteiger partial charge on any atom is 0.176 e. The van der Waals surface area contributed by atoms with Crippen LogP contribution in [-0.2, 0) is 4.79 Å². The number of ketones is 1. The van der Waals surface area contributed by atoms with Gasteiger partial charge >= 0.3 is 0 Å². The van der Waals surface area contributed by atoms with Crippen LogP contribution in [0.3, 0.4) is 0 Å². The first-order valence-electron chi connectivity index (χ1n) is 1.38. The third-order valence-electron chi connectivity index (χ3n) is 0.301. The van der Waals surface area contributed by atoms with Crippen molar-refractivity contribution in [1.82, 2.24) is 0 Å². The Morgan fingerprint density at radius 3 is 2.00 bits per heavy atom. The zero-order valence-electron chi connectivity index (χ0n) is 3.26. The van der Waals surface area contributed by atoms with Gasteiger partial charge in [-0.2, -0.15) is 0 Å². The molecule has 0 aromatic carbocycles. The van der Waals surface area contributed by atoms with Gasteiger partial charge in [0.1, 0.15) is 4.20 Å². The predicted octanol–water partition coefficient (Wildman–Crippen LogP) is 0.833. The molecular formula is C3H4OS2. The molecule has 0 aliphatic carbocycles. The molecule has 3 heteroatoms. The molecule has 34 valence electrons. The number of thiocarbonyl (C=S) groups is 1. The maximum absolute atomic E-state index is 9.93. The van der Waals surface area contributed by atoms with Gasteiger partial charge < -0.3 is 0 Å². The summed E-state index contributed by atoms with van der Waals surface area (Å²) in [5.41, 5.74) is 0. The van der Waals surface area contributed by atoms with E-state index in [4.69, 9.17) is 0 Å². The van der Waals surface area contributed by atoms with Crippen LogP contribution in [0, 0.1) is 0 Å². The van der Waals surface area contributed by atoms with Crippen LogP contribution in [0.15, 0.2) is 0 Å². The van der Waals surface area contributed by atoms with Gasteiger partial charge in [-0.3, -0.25) is 4.79 Å². The minimum Gasteiger partial charge on any atom is -0.293 e. The van der Waals surface area contributed by atoms with Crippen molar-refractivity contribution in [3.63, 3.8) is 0 Å². The van der Waals surface area contributed by atoms with E-state index in [1.165, 1.54) is 6.92 Å². The number of thiol groups is 1. The summed E-state index contributed by atoms with van der Waals surface area (Å²) < 4.78 is 0.148. The number of rotatable bonds is 1. The fraction of sp³-hybridized carbons (Fsp3) is 0.333. The van der Waals surface area contributed by atoms with E-state index < -0.39 is 0 Å². The molecule has 0 saturated carbocycles. The molecule has 0 rings (SSSR count). The van der Waals surface area contributed by atoms with Crippen LogP contribution >= 0.6 is 24.8 Å². The highest BCUT2D eigenvalue weighted by Crippen LogP contribution is 1.82. The molecule has 0 spiro atoms. The molecule has 0 N–H and O–H groups in total. The summed E-state index contributed by atoms with van der Waals surface area (Å²) >= 11 is 7.91. The van der Waals surface area contributed by atoms with E-state index in [9.17, 15) is 4.79 Å². The second-order valence-electron chi connectivity index (χ2n) is 0.861. The van der Waals surface area contributed by atoms with Crippen molar-refractivity contribution in [3.8, 4) is 0 Å². The standard InChI is InChI=1S/C3H4OS2/c1-2(4)3(5)6/h1H3,(H,5,6). The molecule has 6 heavy (non-hydrogen) atoms. The minimum atomic E-state index is -0.145. The second kappa shape index (κ2) is 2.31. The molecule has 0 aliphatic heterocycles. The second-order valence-corrected chi connectivity index (χ2v) is 2.02. The van der Waals surface area contributed by atoms with Gasteiger partial charge in [0.05, 0.1) is 0 Å². The first-order valence-corrected chi connectivity index (χ1v) is 2.24. The van der Waals surface area contributed by atoms with Crippen LogP contribution < -0.4 is 0 Å². The maximum atomic E-state index is 9.93. The van der Waals surface area contributed by atoms with E-state index in [0.717, 1.165) is 0 Å². The molecule has 0 aromatic rings. The van der Waals surface area contributed by atoms with Crippen molar-refractivity contribution in [1.29, 1.82) is 0 Å². The van der Waals surface area contributed by atoms with Crippen molar-refractivity contribution in [3.05, 3.63) is 0 Å². The van der Waals surface area contributed by atoms with Gasteiger partial charge in [0, 0.05) is 6.92 Å². The lowest BCUT2D eigenvalue weighted by Gasteiger charge is -1.76. The lowest BCUT2D eigenvalue weighted by atomic mass is 10.5. The summed E-state index contributed by atoms with van der Waals surface area (Å²) in [6.07, 6.45) is 0. The topological polar surface area (TPSA) is 17.1 Å². The number of hydrogen-bond donors (Lipinski definition) is 1. The lowest BCUT2D eigenvalue weighted by Crippen LogP contribution is -1.95. The van der Waals surface area contributed by atoms with E-state index in [2.05, 4.69) is 24.8 Å². The molecule has 0 heterocycles. The zero-order chi connectivity index (χ0) is 5.15. The van der Waals surface area contributed by atoms with Crippen molar-refractivity contribution < 1.29 is 4.79 Å². The van der Waals surface area contributed by atoms with Crippen LogP contribution in [0.2, 0.25) is 0 Å². The third kappa shape index (κ3) is 2.35. The molecule has 0 aliphatic rings. The quantitative estimate of drug-likeness (QED) is 0.408. The Morgan fingerprint density at radius 1 is 1.83 bits per heavy atom. The summed E-state index contributed by atoms with van der Waals surface area (Å²) in [6.45, 7) is 1.38. The first kappa shape index (κ1) is 6.11. The van der Waals surface area contributed by atoms with Crippen LogP contribution in [0.5, 0.6) is 0 Å². The summed E-state index contributed by atoms with van der Waals surface area (Å²) in [4.78, 5) is 9.93. The normalized spacial score (nSPS) is 7.67. The Labute approximate surface area is 47.1 Å². The van der Waals surface area contributed by atoms with Crippen LogP contribution in [0.4, 0.5) is 0 Å². The van der Waals surface area contributed by atoms with E-state index >= 15 is 0 Å². The van der Waals surface area contributed by atoms with Crippen molar-refractivity contribution in [2.45, 2.75) is 6.92 Å². The van der Waals surface area contributed by atoms with E-state index in [0.29, 0.717) is 0 Å². The van der Waals surface area contributed by atoms with Crippen LogP contribution in [-0.4, -0.2) is 9.98 Å². The molecular weight excluding hydrogens is 116 g/mol. The van der Waals surface area contributed by atoms with Gasteiger partial charge in [-0.1, -0.05) is 12.2 Å². The van der Waals surface area contributed by atoms with Crippen molar-refractivity contribution in [2.75, 3.05) is 0 Å². The molecule has 0 bridgehead atoms. The summed E-state index contributed by atoms with van der Waals surface area (Å²) in [5.74, 6) is -0.145. The molecule has 0 unspecified atom stereocenters. The van der Waals surface area contributed by atoms with Crippen molar-refractivity contribution >= 4 is 34.8 Å². The Hall–Kier alpha value is 0.110. The SMILES string of the molecule is CC(=O)C(=S)S. The lowest BCUT2D eigenvalue weighted by molar-refractivity contribution is -0.110. The predicted molar refractivity (Wildman–Crippen MR) is 32.3 cm³/mol.